The average molecular weight is 399 g/mol. The monoisotopic (exact) mass is 398 g/mol. The largest absolute Gasteiger partial charge is 0.497 e. The summed E-state index contributed by atoms with van der Waals surface area (Å²) < 4.78 is 16.9. The number of fused-ring (bicyclic) bond motifs is 4. The molecule has 3 aliphatic carbocycles. The maximum Gasteiger partial charge on any atom is 0.146 e. The van der Waals surface area contributed by atoms with E-state index in [1.165, 1.54) is 11.1 Å². The van der Waals surface area contributed by atoms with Crippen LogP contribution in [0.1, 0.15) is 43.7 Å². The van der Waals surface area contributed by atoms with E-state index in [0.717, 1.165) is 37.9 Å². The van der Waals surface area contributed by atoms with Crippen molar-refractivity contribution >= 4 is 13.6 Å². The third-order valence-corrected chi connectivity index (χ3v) is 9.32. The Morgan fingerprint density at radius 3 is 2.57 bits per heavy atom. The van der Waals surface area contributed by atoms with Crippen LogP contribution in [0.5, 0.6) is 5.75 Å². The van der Waals surface area contributed by atoms with Crippen LogP contribution in [0.4, 0.5) is 0 Å². The molecule has 0 N–H and O–H groups in total. The fourth-order valence-corrected chi connectivity index (χ4v) is 7.58. The average Bonchev–Trinajstić information content (AvgIpc) is 3.00. The van der Waals surface area contributed by atoms with Gasteiger partial charge in [0.15, 0.2) is 0 Å². The fraction of sp³-hybridized carbons (Fsp3) is 0.583. The number of methoxy groups -OCH3 is 2. The second-order valence-corrected chi connectivity index (χ2v) is 14.9. The molecule has 0 spiro atoms. The van der Waals surface area contributed by atoms with E-state index in [4.69, 9.17) is 14.2 Å². The highest BCUT2D eigenvalue weighted by atomic mass is 28.3. The van der Waals surface area contributed by atoms with Gasteiger partial charge in [-0.3, -0.25) is 0 Å². The lowest BCUT2D eigenvalue weighted by molar-refractivity contribution is -0.0987. The number of hydrogen-bond acceptors (Lipinski definition) is 3. The van der Waals surface area contributed by atoms with Crippen molar-refractivity contribution in [1.29, 1.82) is 0 Å². The molecule has 0 heterocycles. The van der Waals surface area contributed by atoms with Crippen molar-refractivity contribution in [1.82, 2.24) is 0 Å². The number of hydrogen-bond donors (Lipinski definition) is 0. The highest BCUT2D eigenvalue weighted by Gasteiger charge is 2.50. The van der Waals surface area contributed by atoms with Crippen molar-refractivity contribution in [2.75, 3.05) is 21.0 Å². The SMILES string of the molecule is COCO[C@H]1CCC2=C3CCc4cc(OC)ccc4C3=C([Si](C)(C)C)C[C@@]21C. The molecule has 0 unspecified atom stereocenters. The maximum atomic E-state index is 6.18. The molecule has 152 valence electrons. The first-order chi connectivity index (χ1) is 13.3. The minimum Gasteiger partial charge on any atom is -0.497 e. The molecule has 28 heavy (non-hydrogen) atoms. The molecule has 3 aliphatic rings. The number of ether oxygens (including phenoxy) is 3. The van der Waals surface area contributed by atoms with E-state index < -0.39 is 8.07 Å². The fourth-order valence-electron chi connectivity index (χ4n) is 5.64. The molecular formula is C24H34O3Si. The predicted molar refractivity (Wildman–Crippen MR) is 117 cm³/mol. The Hall–Kier alpha value is -1.36. The Bertz CT molecular complexity index is 846. The van der Waals surface area contributed by atoms with Crippen LogP contribution in [0.15, 0.2) is 34.5 Å². The predicted octanol–water partition coefficient (Wildman–Crippen LogP) is 5.76. The van der Waals surface area contributed by atoms with Crippen molar-refractivity contribution in [3.8, 4) is 5.75 Å². The number of aryl methyl sites for hydroxylation is 1. The van der Waals surface area contributed by atoms with Gasteiger partial charge in [0, 0.05) is 12.5 Å². The summed E-state index contributed by atoms with van der Waals surface area (Å²) in [5, 5.41) is 1.72. The summed E-state index contributed by atoms with van der Waals surface area (Å²) in [7, 11) is 1.98. The first-order valence-corrected chi connectivity index (χ1v) is 14.0. The van der Waals surface area contributed by atoms with Crippen molar-refractivity contribution in [3.05, 3.63) is 45.7 Å². The molecule has 2 atom stereocenters. The molecule has 1 saturated carbocycles. The summed E-state index contributed by atoms with van der Waals surface area (Å²) in [6.45, 7) is 10.3. The summed E-state index contributed by atoms with van der Waals surface area (Å²) >= 11 is 0. The van der Waals surface area contributed by atoms with Gasteiger partial charge in [0.2, 0.25) is 0 Å². The zero-order chi connectivity index (χ0) is 20.1. The van der Waals surface area contributed by atoms with Crippen LogP contribution in [-0.2, 0) is 15.9 Å². The summed E-state index contributed by atoms with van der Waals surface area (Å²) in [6.07, 6.45) is 5.92. The van der Waals surface area contributed by atoms with Gasteiger partial charge in [-0.1, -0.05) is 43.4 Å². The van der Waals surface area contributed by atoms with Gasteiger partial charge in [0.05, 0.1) is 21.3 Å². The Balaban J connectivity index is 1.87. The van der Waals surface area contributed by atoms with Gasteiger partial charge in [-0.15, -0.1) is 0 Å². The highest BCUT2D eigenvalue weighted by Crippen LogP contribution is 2.59. The smallest absolute Gasteiger partial charge is 0.146 e. The second-order valence-electron chi connectivity index (χ2n) is 9.78. The highest BCUT2D eigenvalue weighted by molar-refractivity contribution is 6.84. The van der Waals surface area contributed by atoms with Gasteiger partial charge in [0.1, 0.15) is 12.5 Å². The normalized spacial score (nSPS) is 26.9. The molecule has 4 rings (SSSR count). The van der Waals surface area contributed by atoms with Crippen LogP contribution in [0, 0.1) is 5.41 Å². The van der Waals surface area contributed by atoms with E-state index in [9.17, 15) is 0 Å². The minimum atomic E-state index is -1.50. The van der Waals surface area contributed by atoms with E-state index in [-0.39, 0.29) is 11.5 Å². The van der Waals surface area contributed by atoms with Gasteiger partial charge in [-0.2, -0.15) is 0 Å². The zero-order valence-corrected chi connectivity index (χ0v) is 19.3. The summed E-state index contributed by atoms with van der Waals surface area (Å²) in [5.74, 6) is 0.972. The topological polar surface area (TPSA) is 27.7 Å². The molecular weight excluding hydrogens is 364 g/mol. The molecule has 4 heteroatoms. The first-order valence-electron chi connectivity index (χ1n) is 10.5. The molecule has 0 radical (unpaired) electrons. The lowest BCUT2D eigenvalue weighted by Gasteiger charge is -2.44. The van der Waals surface area contributed by atoms with Crippen LogP contribution in [0.2, 0.25) is 19.6 Å². The minimum absolute atomic E-state index is 0.122. The maximum absolute atomic E-state index is 6.18. The van der Waals surface area contributed by atoms with Crippen LogP contribution in [0.3, 0.4) is 0 Å². The Labute approximate surface area is 170 Å². The van der Waals surface area contributed by atoms with E-state index >= 15 is 0 Å². The Morgan fingerprint density at radius 1 is 1.11 bits per heavy atom. The van der Waals surface area contributed by atoms with E-state index in [0.29, 0.717) is 6.79 Å². The lowest BCUT2D eigenvalue weighted by atomic mass is 9.68. The molecule has 0 bridgehead atoms. The number of rotatable bonds is 5. The summed E-state index contributed by atoms with van der Waals surface area (Å²) in [6, 6.07) is 6.69. The van der Waals surface area contributed by atoms with Crippen LogP contribution in [0.25, 0.3) is 5.57 Å². The van der Waals surface area contributed by atoms with Gasteiger partial charge < -0.3 is 14.2 Å². The molecule has 0 amide bonds. The van der Waals surface area contributed by atoms with Crippen molar-refractivity contribution in [3.63, 3.8) is 0 Å². The van der Waals surface area contributed by atoms with Crippen LogP contribution in [-0.4, -0.2) is 35.2 Å². The molecule has 0 aromatic heterocycles. The standard InChI is InChI=1S/C24H34O3Si/c1-24-14-21(28(4,5)6)23-18-10-8-17(26-3)13-16(18)7-9-19(23)20(24)11-12-22(24)27-15-25-2/h8,10,13,22H,7,9,11-12,14-15H2,1-6H3/t22-,24-/m0/s1. The Kier molecular flexibility index (Phi) is 5.09. The van der Waals surface area contributed by atoms with Crippen LogP contribution >= 0.6 is 0 Å². The third-order valence-electron chi connectivity index (χ3n) is 7.09. The third kappa shape index (κ3) is 3.10. The molecule has 1 aromatic carbocycles. The number of benzene rings is 1. The summed E-state index contributed by atoms with van der Waals surface area (Å²) in [5.41, 5.74) is 7.90. The van der Waals surface area contributed by atoms with E-state index in [1.807, 2.05) is 0 Å². The van der Waals surface area contributed by atoms with Crippen molar-refractivity contribution in [2.45, 2.75) is 64.8 Å². The molecule has 1 fully saturated rings. The van der Waals surface area contributed by atoms with Gasteiger partial charge >= 0.3 is 0 Å². The molecule has 1 aromatic rings. The molecule has 0 aliphatic heterocycles. The number of allylic oxidation sites excluding steroid dienone is 3. The molecule has 3 nitrogen and oxygen atoms in total. The van der Waals surface area contributed by atoms with Crippen LogP contribution < -0.4 is 4.74 Å². The summed E-state index contributed by atoms with van der Waals surface area (Å²) in [4.78, 5) is 0. The van der Waals surface area contributed by atoms with Gasteiger partial charge in [0.25, 0.3) is 0 Å². The quantitative estimate of drug-likeness (QED) is 0.466. The molecule has 0 saturated heterocycles. The first kappa shape index (κ1) is 19.9. The van der Waals surface area contributed by atoms with Crippen molar-refractivity contribution < 1.29 is 14.2 Å². The lowest BCUT2D eigenvalue weighted by Crippen LogP contribution is -2.40. The Morgan fingerprint density at radius 2 is 1.89 bits per heavy atom. The zero-order valence-electron chi connectivity index (χ0n) is 18.3. The van der Waals surface area contributed by atoms with Gasteiger partial charge in [-0.25, -0.2) is 0 Å². The van der Waals surface area contributed by atoms with E-state index in [1.54, 1.807) is 36.1 Å². The van der Waals surface area contributed by atoms with E-state index in [2.05, 4.69) is 44.8 Å². The van der Waals surface area contributed by atoms with Gasteiger partial charge in [-0.05, 0) is 66.5 Å². The second kappa shape index (κ2) is 7.15. The van der Waals surface area contributed by atoms with Crippen molar-refractivity contribution in [2.24, 2.45) is 5.41 Å².